The number of methoxy groups -OCH3 is 1. The second-order valence-corrected chi connectivity index (χ2v) is 5.92. The Morgan fingerprint density at radius 2 is 2.12 bits per heavy atom. The molecule has 0 unspecified atom stereocenters. The molecule has 0 atom stereocenters. The number of benzene rings is 1. The first-order chi connectivity index (χ1) is 11.8. The van der Waals surface area contributed by atoms with Gasteiger partial charge in [0, 0.05) is 24.8 Å². The van der Waals surface area contributed by atoms with Gasteiger partial charge >= 0.3 is 0 Å². The van der Waals surface area contributed by atoms with Crippen molar-refractivity contribution < 1.29 is 4.74 Å². The number of fused-ring (bicyclic) bond motifs is 1. The summed E-state index contributed by atoms with van der Waals surface area (Å²) < 4.78 is 6.94. The van der Waals surface area contributed by atoms with Crippen molar-refractivity contribution in [2.45, 2.75) is 25.4 Å². The molecule has 1 aliphatic carbocycles. The van der Waals surface area contributed by atoms with Crippen LogP contribution in [-0.2, 0) is 6.54 Å². The molecule has 1 N–H and O–H groups in total. The Labute approximate surface area is 139 Å². The molecular formula is C18H18N4O2. The lowest BCUT2D eigenvalue weighted by atomic mass is 10.2. The highest BCUT2D eigenvalue weighted by molar-refractivity contribution is 5.78. The van der Waals surface area contributed by atoms with E-state index < -0.39 is 0 Å². The average Bonchev–Trinajstić information content (AvgIpc) is 3.45. The maximum atomic E-state index is 12.8. The van der Waals surface area contributed by atoms with Gasteiger partial charge in [0.25, 0.3) is 5.56 Å². The van der Waals surface area contributed by atoms with Crippen LogP contribution < -0.4 is 15.6 Å². The van der Waals surface area contributed by atoms with Crippen LogP contribution in [-0.4, -0.2) is 21.6 Å². The van der Waals surface area contributed by atoms with Crippen molar-refractivity contribution in [1.82, 2.24) is 14.5 Å². The largest absolute Gasteiger partial charge is 0.481 e. The molecule has 4 rings (SSSR count). The molecule has 0 saturated heterocycles. The van der Waals surface area contributed by atoms with Crippen molar-refractivity contribution >= 4 is 16.9 Å². The minimum absolute atomic E-state index is 0.0258. The SMILES string of the molecule is COc1cc(CNc2nc3ccccc3c(=O)n2C2CC2)ccn1. The van der Waals surface area contributed by atoms with Crippen LogP contribution in [0.5, 0.6) is 5.88 Å². The van der Waals surface area contributed by atoms with Crippen LogP contribution in [0.1, 0.15) is 24.4 Å². The van der Waals surface area contributed by atoms with Gasteiger partial charge in [0.15, 0.2) is 0 Å². The quantitative estimate of drug-likeness (QED) is 0.782. The number of anilines is 1. The van der Waals surface area contributed by atoms with Gasteiger partial charge in [-0.05, 0) is 36.6 Å². The zero-order valence-corrected chi connectivity index (χ0v) is 13.4. The number of hydrogen-bond acceptors (Lipinski definition) is 5. The van der Waals surface area contributed by atoms with Gasteiger partial charge in [0.05, 0.1) is 18.0 Å². The maximum absolute atomic E-state index is 12.8. The second kappa shape index (κ2) is 5.96. The van der Waals surface area contributed by atoms with Crippen molar-refractivity contribution in [2.75, 3.05) is 12.4 Å². The first-order valence-electron chi connectivity index (χ1n) is 8.00. The second-order valence-electron chi connectivity index (χ2n) is 5.92. The number of rotatable bonds is 5. The van der Waals surface area contributed by atoms with E-state index in [0.29, 0.717) is 29.3 Å². The standard InChI is InChI=1S/C18H18N4O2/c1-24-16-10-12(8-9-19-16)11-20-18-21-15-5-3-2-4-14(15)17(23)22(18)13-6-7-13/h2-5,8-10,13H,6-7,11H2,1H3,(H,20,21). The summed E-state index contributed by atoms with van der Waals surface area (Å²) in [6, 6.07) is 11.5. The molecule has 0 radical (unpaired) electrons. The molecule has 3 aromatic rings. The Kier molecular flexibility index (Phi) is 3.65. The molecule has 0 bridgehead atoms. The molecule has 1 aliphatic rings. The summed E-state index contributed by atoms with van der Waals surface area (Å²) in [7, 11) is 1.59. The topological polar surface area (TPSA) is 69.0 Å². The average molecular weight is 322 g/mol. The van der Waals surface area contributed by atoms with E-state index in [1.54, 1.807) is 17.9 Å². The zero-order valence-electron chi connectivity index (χ0n) is 13.4. The van der Waals surface area contributed by atoms with E-state index in [4.69, 9.17) is 4.74 Å². The Balaban J connectivity index is 1.70. The van der Waals surface area contributed by atoms with Gasteiger partial charge < -0.3 is 10.1 Å². The monoisotopic (exact) mass is 322 g/mol. The predicted octanol–water partition coefficient (Wildman–Crippen LogP) is 2.75. The zero-order chi connectivity index (χ0) is 16.5. The highest BCUT2D eigenvalue weighted by atomic mass is 16.5. The Morgan fingerprint density at radius 1 is 1.29 bits per heavy atom. The van der Waals surface area contributed by atoms with E-state index in [0.717, 1.165) is 18.4 Å². The molecular weight excluding hydrogens is 304 g/mol. The minimum Gasteiger partial charge on any atom is -0.481 e. The highest BCUT2D eigenvalue weighted by Gasteiger charge is 2.28. The Bertz CT molecular complexity index is 947. The molecule has 122 valence electrons. The normalized spacial score (nSPS) is 13.9. The third-order valence-electron chi connectivity index (χ3n) is 4.18. The van der Waals surface area contributed by atoms with Gasteiger partial charge in [-0.3, -0.25) is 9.36 Å². The number of pyridine rings is 1. The molecule has 24 heavy (non-hydrogen) atoms. The Morgan fingerprint density at radius 3 is 2.92 bits per heavy atom. The van der Waals surface area contributed by atoms with Crippen molar-refractivity contribution in [3.8, 4) is 5.88 Å². The van der Waals surface area contributed by atoms with Crippen molar-refractivity contribution in [2.24, 2.45) is 0 Å². The predicted molar refractivity (Wildman–Crippen MR) is 92.4 cm³/mol. The fourth-order valence-electron chi connectivity index (χ4n) is 2.80. The van der Waals surface area contributed by atoms with Crippen LogP contribution >= 0.6 is 0 Å². The number of nitrogens with one attached hydrogen (secondary N) is 1. The number of hydrogen-bond donors (Lipinski definition) is 1. The third-order valence-corrected chi connectivity index (χ3v) is 4.18. The van der Waals surface area contributed by atoms with E-state index in [2.05, 4.69) is 15.3 Å². The molecule has 6 heteroatoms. The lowest BCUT2D eigenvalue weighted by molar-refractivity contribution is 0.397. The van der Waals surface area contributed by atoms with Crippen LogP contribution in [0, 0.1) is 0 Å². The molecule has 0 spiro atoms. The van der Waals surface area contributed by atoms with Crippen molar-refractivity contribution in [1.29, 1.82) is 0 Å². The van der Waals surface area contributed by atoms with Gasteiger partial charge in [-0.25, -0.2) is 9.97 Å². The molecule has 1 saturated carbocycles. The summed E-state index contributed by atoms with van der Waals surface area (Å²) in [5.74, 6) is 1.19. The van der Waals surface area contributed by atoms with Crippen LogP contribution in [0.2, 0.25) is 0 Å². The van der Waals surface area contributed by atoms with Crippen LogP contribution in [0.15, 0.2) is 47.4 Å². The van der Waals surface area contributed by atoms with E-state index >= 15 is 0 Å². The van der Waals surface area contributed by atoms with E-state index in [1.807, 2.05) is 36.4 Å². The number of para-hydroxylation sites is 1. The summed E-state index contributed by atoms with van der Waals surface area (Å²) in [6.07, 6.45) is 3.76. The summed E-state index contributed by atoms with van der Waals surface area (Å²) >= 11 is 0. The maximum Gasteiger partial charge on any atom is 0.263 e. The highest BCUT2D eigenvalue weighted by Crippen LogP contribution is 2.36. The van der Waals surface area contributed by atoms with Gasteiger partial charge in [0.2, 0.25) is 11.8 Å². The molecule has 2 aromatic heterocycles. The molecule has 6 nitrogen and oxygen atoms in total. The van der Waals surface area contributed by atoms with Crippen LogP contribution in [0.3, 0.4) is 0 Å². The van der Waals surface area contributed by atoms with Gasteiger partial charge in [0.1, 0.15) is 0 Å². The molecule has 1 fully saturated rings. The van der Waals surface area contributed by atoms with Crippen molar-refractivity contribution in [3.63, 3.8) is 0 Å². The van der Waals surface area contributed by atoms with Crippen molar-refractivity contribution in [3.05, 3.63) is 58.5 Å². The summed E-state index contributed by atoms with van der Waals surface area (Å²) in [4.78, 5) is 21.6. The lowest BCUT2D eigenvalue weighted by Gasteiger charge is -2.14. The molecule has 2 heterocycles. The summed E-state index contributed by atoms with van der Waals surface area (Å²) in [5.41, 5.74) is 1.76. The van der Waals surface area contributed by atoms with E-state index in [-0.39, 0.29) is 11.6 Å². The minimum atomic E-state index is 0.0258. The number of ether oxygens (including phenoxy) is 1. The Hall–Kier alpha value is -2.89. The number of nitrogens with zero attached hydrogens (tertiary/aromatic N) is 3. The first kappa shape index (κ1) is 14.7. The molecule has 1 aromatic carbocycles. The third kappa shape index (κ3) is 2.71. The summed E-state index contributed by atoms with van der Waals surface area (Å²) in [6.45, 7) is 0.552. The van der Waals surface area contributed by atoms with Crippen LogP contribution in [0.4, 0.5) is 5.95 Å². The smallest absolute Gasteiger partial charge is 0.263 e. The van der Waals surface area contributed by atoms with E-state index in [9.17, 15) is 4.79 Å². The van der Waals surface area contributed by atoms with E-state index in [1.165, 1.54) is 0 Å². The fourth-order valence-corrected chi connectivity index (χ4v) is 2.80. The summed E-state index contributed by atoms with van der Waals surface area (Å²) in [5, 5.41) is 3.97. The number of aromatic nitrogens is 3. The van der Waals surface area contributed by atoms with Gasteiger partial charge in [-0.1, -0.05) is 12.1 Å². The van der Waals surface area contributed by atoms with Gasteiger partial charge in [-0.15, -0.1) is 0 Å². The fraction of sp³-hybridized carbons (Fsp3) is 0.278. The van der Waals surface area contributed by atoms with Crippen LogP contribution in [0.25, 0.3) is 10.9 Å². The molecule has 0 amide bonds. The van der Waals surface area contributed by atoms with Gasteiger partial charge in [-0.2, -0.15) is 0 Å². The first-order valence-corrected chi connectivity index (χ1v) is 8.00. The molecule has 0 aliphatic heterocycles. The lowest BCUT2D eigenvalue weighted by Crippen LogP contribution is -2.24.